The molecule has 0 aliphatic carbocycles. The van der Waals surface area contributed by atoms with Crippen LogP contribution in [0.15, 0.2) is 0 Å². The van der Waals surface area contributed by atoms with Crippen molar-refractivity contribution in [2.75, 3.05) is 19.8 Å². The first kappa shape index (κ1) is 12.9. The molecule has 1 aromatic heterocycles. The van der Waals surface area contributed by atoms with Crippen LogP contribution in [0.25, 0.3) is 0 Å². The molecule has 0 aromatic carbocycles. The first-order valence-electron chi connectivity index (χ1n) is 6.09. The number of aromatic nitrogens is 2. The standard InChI is InChI=1S/C12H20ClN3O/c1-9-8-17-6-4-5-16(9)7-11-12(13)10(2)14-15(11)3/h9H,4-8H2,1-3H3. The fraction of sp³-hybridized carbons (Fsp3) is 0.750. The normalized spacial score (nSPS) is 22.7. The van der Waals surface area contributed by atoms with Gasteiger partial charge in [-0.3, -0.25) is 9.58 Å². The highest BCUT2D eigenvalue weighted by Crippen LogP contribution is 2.22. The molecule has 1 atom stereocenters. The first-order chi connectivity index (χ1) is 8.09. The Bertz CT molecular complexity index is 391. The van der Waals surface area contributed by atoms with Gasteiger partial charge in [-0.05, 0) is 20.3 Å². The third-order valence-corrected chi connectivity index (χ3v) is 3.82. The maximum absolute atomic E-state index is 6.28. The van der Waals surface area contributed by atoms with Crippen LogP contribution >= 0.6 is 11.6 Å². The van der Waals surface area contributed by atoms with Gasteiger partial charge in [0.1, 0.15) is 0 Å². The van der Waals surface area contributed by atoms with E-state index in [0.29, 0.717) is 6.04 Å². The van der Waals surface area contributed by atoms with E-state index in [1.54, 1.807) is 0 Å². The summed E-state index contributed by atoms with van der Waals surface area (Å²) in [6.07, 6.45) is 1.08. The summed E-state index contributed by atoms with van der Waals surface area (Å²) in [6.45, 7) is 7.71. The molecule has 96 valence electrons. The molecule has 0 saturated carbocycles. The zero-order valence-corrected chi connectivity index (χ0v) is 11.5. The highest BCUT2D eigenvalue weighted by atomic mass is 35.5. The van der Waals surface area contributed by atoms with Gasteiger partial charge in [0.05, 0.1) is 23.0 Å². The summed E-state index contributed by atoms with van der Waals surface area (Å²) >= 11 is 6.28. The molecule has 1 aromatic rings. The fourth-order valence-electron chi connectivity index (χ4n) is 2.23. The van der Waals surface area contributed by atoms with Crippen molar-refractivity contribution < 1.29 is 4.74 Å². The summed E-state index contributed by atoms with van der Waals surface area (Å²) in [5.41, 5.74) is 2.00. The van der Waals surface area contributed by atoms with E-state index in [-0.39, 0.29) is 0 Å². The average molecular weight is 258 g/mol. The molecule has 1 aliphatic rings. The van der Waals surface area contributed by atoms with Crippen LogP contribution in [-0.4, -0.2) is 40.5 Å². The summed E-state index contributed by atoms with van der Waals surface area (Å²) < 4.78 is 7.43. The molecule has 5 heteroatoms. The third kappa shape index (κ3) is 2.81. The molecule has 1 aliphatic heterocycles. The van der Waals surface area contributed by atoms with Gasteiger partial charge in [-0.15, -0.1) is 0 Å². The van der Waals surface area contributed by atoms with E-state index in [1.165, 1.54) is 0 Å². The second-order valence-electron chi connectivity index (χ2n) is 4.72. The van der Waals surface area contributed by atoms with Crippen LogP contribution in [0, 0.1) is 6.92 Å². The summed E-state index contributed by atoms with van der Waals surface area (Å²) in [5, 5.41) is 5.15. The van der Waals surface area contributed by atoms with Gasteiger partial charge in [-0.25, -0.2) is 0 Å². The van der Waals surface area contributed by atoms with Gasteiger partial charge in [0, 0.05) is 32.8 Å². The predicted molar refractivity (Wildman–Crippen MR) is 68.3 cm³/mol. The Kier molecular flexibility index (Phi) is 4.07. The van der Waals surface area contributed by atoms with Crippen molar-refractivity contribution >= 4 is 11.6 Å². The number of nitrogens with zero attached hydrogens (tertiary/aromatic N) is 3. The second-order valence-corrected chi connectivity index (χ2v) is 5.10. The van der Waals surface area contributed by atoms with Crippen LogP contribution in [0.2, 0.25) is 5.02 Å². The monoisotopic (exact) mass is 257 g/mol. The molecule has 0 spiro atoms. The van der Waals surface area contributed by atoms with Gasteiger partial charge in [-0.2, -0.15) is 5.10 Å². The van der Waals surface area contributed by atoms with Crippen molar-refractivity contribution in [2.24, 2.45) is 7.05 Å². The van der Waals surface area contributed by atoms with Gasteiger partial charge in [0.25, 0.3) is 0 Å². The third-order valence-electron chi connectivity index (χ3n) is 3.33. The topological polar surface area (TPSA) is 30.3 Å². The van der Waals surface area contributed by atoms with Gasteiger partial charge < -0.3 is 4.74 Å². The lowest BCUT2D eigenvalue weighted by Gasteiger charge is -2.26. The summed E-state index contributed by atoms with van der Waals surface area (Å²) in [4.78, 5) is 2.41. The van der Waals surface area contributed by atoms with Crippen LogP contribution in [0.3, 0.4) is 0 Å². The van der Waals surface area contributed by atoms with Crippen LogP contribution in [0.1, 0.15) is 24.7 Å². The van der Waals surface area contributed by atoms with Crippen LogP contribution in [-0.2, 0) is 18.3 Å². The fourth-order valence-corrected chi connectivity index (χ4v) is 2.45. The maximum atomic E-state index is 6.28. The Morgan fingerprint density at radius 3 is 2.94 bits per heavy atom. The van der Waals surface area contributed by atoms with Crippen molar-refractivity contribution in [3.63, 3.8) is 0 Å². The number of hydrogen-bond donors (Lipinski definition) is 0. The molecular weight excluding hydrogens is 238 g/mol. The smallest absolute Gasteiger partial charge is 0.0860 e. The Labute approximate surface area is 107 Å². The SMILES string of the molecule is Cc1nn(C)c(CN2CCCOCC2C)c1Cl. The van der Waals surface area contributed by atoms with Gasteiger partial charge in [-0.1, -0.05) is 11.6 Å². The first-order valence-corrected chi connectivity index (χ1v) is 6.47. The minimum absolute atomic E-state index is 0.434. The molecule has 4 nitrogen and oxygen atoms in total. The molecule has 0 N–H and O–H groups in total. The van der Waals surface area contributed by atoms with E-state index in [1.807, 2.05) is 18.7 Å². The molecule has 0 amide bonds. The van der Waals surface area contributed by atoms with E-state index in [9.17, 15) is 0 Å². The van der Waals surface area contributed by atoms with Gasteiger partial charge in [0.2, 0.25) is 0 Å². The Morgan fingerprint density at radius 2 is 2.29 bits per heavy atom. The number of aryl methyl sites for hydroxylation is 2. The van der Waals surface area contributed by atoms with Crippen molar-refractivity contribution in [3.8, 4) is 0 Å². The van der Waals surface area contributed by atoms with E-state index >= 15 is 0 Å². The van der Waals surface area contributed by atoms with Crippen LogP contribution in [0.5, 0.6) is 0 Å². The summed E-state index contributed by atoms with van der Waals surface area (Å²) in [5.74, 6) is 0. The summed E-state index contributed by atoms with van der Waals surface area (Å²) in [7, 11) is 1.95. The van der Waals surface area contributed by atoms with Crippen LogP contribution < -0.4 is 0 Å². The molecule has 0 radical (unpaired) electrons. The van der Waals surface area contributed by atoms with Crippen molar-refractivity contribution in [1.82, 2.24) is 14.7 Å². The number of hydrogen-bond acceptors (Lipinski definition) is 3. The molecule has 1 unspecified atom stereocenters. The lowest BCUT2D eigenvalue weighted by molar-refractivity contribution is 0.104. The quantitative estimate of drug-likeness (QED) is 0.812. The number of rotatable bonds is 2. The van der Waals surface area contributed by atoms with Gasteiger partial charge >= 0.3 is 0 Å². The second kappa shape index (κ2) is 5.38. The highest BCUT2D eigenvalue weighted by Gasteiger charge is 2.21. The minimum atomic E-state index is 0.434. The van der Waals surface area contributed by atoms with Crippen molar-refractivity contribution in [1.29, 1.82) is 0 Å². The zero-order chi connectivity index (χ0) is 12.4. The summed E-state index contributed by atoms with van der Waals surface area (Å²) in [6, 6.07) is 0.434. The largest absolute Gasteiger partial charge is 0.380 e. The van der Waals surface area contributed by atoms with E-state index in [2.05, 4.69) is 16.9 Å². The number of halogens is 1. The zero-order valence-electron chi connectivity index (χ0n) is 10.7. The molecule has 2 rings (SSSR count). The van der Waals surface area contributed by atoms with Crippen LogP contribution in [0.4, 0.5) is 0 Å². The lowest BCUT2D eigenvalue weighted by atomic mass is 10.2. The van der Waals surface area contributed by atoms with E-state index in [4.69, 9.17) is 16.3 Å². The molecule has 1 saturated heterocycles. The molecule has 2 heterocycles. The van der Waals surface area contributed by atoms with Crippen molar-refractivity contribution in [2.45, 2.75) is 32.9 Å². The molecular formula is C12H20ClN3O. The minimum Gasteiger partial charge on any atom is -0.380 e. The average Bonchev–Trinajstić information content (AvgIpc) is 2.45. The Hall–Kier alpha value is -0.580. The highest BCUT2D eigenvalue weighted by molar-refractivity contribution is 6.31. The van der Waals surface area contributed by atoms with Crippen molar-refractivity contribution in [3.05, 3.63) is 16.4 Å². The maximum Gasteiger partial charge on any atom is 0.0860 e. The Morgan fingerprint density at radius 1 is 1.53 bits per heavy atom. The lowest BCUT2D eigenvalue weighted by Crippen LogP contribution is -2.35. The van der Waals surface area contributed by atoms with Gasteiger partial charge in [0.15, 0.2) is 0 Å². The Balaban J connectivity index is 2.13. The molecule has 1 fully saturated rings. The predicted octanol–water partition coefficient (Wildman–Crippen LogP) is 1.99. The van der Waals surface area contributed by atoms with E-state index in [0.717, 1.165) is 49.1 Å². The molecule has 17 heavy (non-hydrogen) atoms. The number of ether oxygens (including phenoxy) is 1. The molecule has 0 bridgehead atoms. The van der Waals surface area contributed by atoms with E-state index < -0.39 is 0 Å².